The molecule has 30 heavy (non-hydrogen) atoms. The maximum absolute atomic E-state index is 12.4. The summed E-state index contributed by atoms with van der Waals surface area (Å²) in [6, 6.07) is 8.96. The van der Waals surface area contributed by atoms with Crippen LogP contribution in [0.25, 0.3) is 0 Å². The van der Waals surface area contributed by atoms with Gasteiger partial charge in [0.1, 0.15) is 5.82 Å². The quantitative estimate of drug-likeness (QED) is 0.597. The Labute approximate surface area is 169 Å². The molecule has 0 saturated carbocycles. The largest absolute Gasteiger partial charge is 0.416 e. The highest BCUT2D eigenvalue weighted by atomic mass is 19.4. The minimum absolute atomic E-state index is 0.0197. The predicted octanol–water partition coefficient (Wildman–Crippen LogP) is 5.21. The Bertz CT molecular complexity index is 699. The highest BCUT2D eigenvalue weighted by Crippen LogP contribution is 2.37. The zero-order valence-electron chi connectivity index (χ0n) is 16.0. The monoisotopic (exact) mass is 441 g/mol. The number of nitrogens with one attached hydrogen (secondary N) is 1. The lowest BCUT2D eigenvalue weighted by Crippen LogP contribution is -2.30. The average molecular weight is 441 g/mol. The van der Waals surface area contributed by atoms with E-state index in [-0.39, 0.29) is 11.9 Å². The zero-order valence-corrected chi connectivity index (χ0v) is 16.0. The van der Waals surface area contributed by atoms with E-state index < -0.39 is 35.1 Å². The van der Waals surface area contributed by atoms with E-state index >= 15 is 0 Å². The van der Waals surface area contributed by atoms with E-state index in [1.54, 1.807) is 18.2 Å². The summed E-state index contributed by atoms with van der Waals surface area (Å²) in [6.07, 6.45) is -11.2. The van der Waals surface area contributed by atoms with Gasteiger partial charge in [0.2, 0.25) is 0 Å². The second-order valence-corrected chi connectivity index (χ2v) is 6.17. The summed E-state index contributed by atoms with van der Waals surface area (Å²) in [5, 5.41) is 12.2. The van der Waals surface area contributed by atoms with Gasteiger partial charge in [0, 0.05) is 13.1 Å². The molecule has 0 amide bonds. The Balaban J connectivity index is 0.000000279. The Morgan fingerprint density at radius 1 is 0.867 bits per heavy atom. The van der Waals surface area contributed by atoms with E-state index in [2.05, 4.69) is 5.32 Å². The van der Waals surface area contributed by atoms with Crippen molar-refractivity contribution in [3.8, 4) is 0 Å². The summed E-state index contributed by atoms with van der Waals surface area (Å²) >= 11 is 0. The normalized spacial score (nSPS) is 15.2. The van der Waals surface area contributed by atoms with E-state index in [1.165, 1.54) is 12.1 Å². The van der Waals surface area contributed by atoms with Crippen LogP contribution in [0.5, 0.6) is 0 Å². The van der Waals surface area contributed by atoms with Crippen LogP contribution in [0.1, 0.15) is 29.7 Å². The zero-order chi connectivity index (χ0) is 22.8. The summed E-state index contributed by atoms with van der Waals surface area (Å²) in [6.45, 7) is 4.93. The first kappa shape index (κ1) is 25.9. The van der Waals surface area contributed by atoms with Gasteiger partial charge in [-0.05, 0) is 42.8 Å². The summed E-state index contributed by atoms with van der Waals surface area (Å²) in [5.74, 6) is -0.178. The Morgan fingerprint density at radius 2 is 1.33 bits per heavy atom. The van der Waals surface area contributed by atoms with Crippen LogP contribution in [-0.2, 0) is 17.1 Å². The minimum Gasteiger partial charge on any atom is -0.389 e. The van der Waals surface area contributed by atoms with Crippen molar-refractivity contribution in [1.82, 2.24) is 5.32 Å². The Hall–Kier alpha value is -2.17. The van der Waals surface area contributed by atoms with E-state index in [4.69, 9.17) is 9.84 Å². The van der Waals surface area contributed by atoms with Gasteiger partial charge in [-0.1, -0.05) is 18.2 Å². The first-order valence-electron chi connectivity index (χ1n) is 8.87. The van der Waals surface area contributed by atoms with Gasteiger partial charge in [0.05, 0.1) is 30.4 Å². The first-order chi connectivity index (χ1) is 13.9. The van der Waals surface area contributed by atoms with Gasteiger partial charge in [-0.3, -0.25) is 0 Å². The van der Waals surface area contributed by atoms with Crippen LogP contribution >= 0.6 is 0 Å². The van der Waals surface area contributed by atoms with Crippen LogP contribution in [0.2, 0.25) is 0 Å². The van der Waals surface area contributed by atoms with E-state index in [0.29, 0.717) is 12.1 Å². The number of alkyl halides is 6. The van der Waals surface area contributed by atoms with Crippen LogP contribution in [0.4, 0.5) is 30.7 Å². The molecule has 1 aliphatic rings. The van der Waals surface area contributed by atoms with Crippen molar-refractivity contribution >= 4 is 0 Å². The topological polar surface area (TPSA) is 41.5 Å². The molecule has 0 radical (unpaired) electrons. The maximum Gasteiger partial charge on any atom is 0.416 e. The average Bonchev–Trinajstić information content (AvgIpc) is 2.69. The number of hydrogen-bond donors (Lipinski definition) is 2. The van der Waals surface area contributed by atoms with E-state index in [1.807, 2.05) is 0 Å². The molecule has 2 aromatic carbocycles. The van der Waals surface area contributed by atoms with Crippen molar-refractivity contribution in [2.75, 3.05) is 26.3 Å². The summed E-state index contributed by atoms with van der Waals surface area (Å²) in [7, 11) is 0. The second kappa shape index (κ2) is 11.9. The van der Waals surface area contributed by atoms with Crippen molar-refractivity contribution in [3.05, 3.63) is 71.0 Å². The van der Waals surface area contributed by atoms with Crippen LogP contribution in [-0.4, -0.2) is 31.4 Å². The summed E-state index contributed by atoms with van der Waals surface area (Å²) in [4.78, 5) is 0. The molecule has 0 aliphatic carbocycles. The third kappa shape index (κ3) is 10.0. The molecule has 2 aromatic rings. The number of benzene rings is 2. The van der Waals surface area contributed by atoms with Crippen LogP contribution < -0.4 is 5.32 Å². The number of hydrogen-bond acceptors (Lipinski definition) is 3. The highest BCUT2D eigenvalue weighted by Gasteiger charge is 2.37. The maximum atomic E-state index is 12.4. The van der Waals surface area contributed by atoms with Crippen LogP contribution in [0.3, 0.4) is 0 Å². The highest BCUT2D eigenvalue weighted by molar-refractivity contribution is 5.34. The molecule has 3 rings (SSSR count). The van der Waals surface area contributed by atoms with Crippen LogP contribution in [0.15, 0.2) is 48.5 Å². The van der Waals surface area contributed by atoms with Crippen molar-refractivity contribution < 1.29 is 40.6 Å². The predicted molar refractivity (Wildman–Crippen MR) is 97.2 cm³/mol. The molecule has 2 N–H and O–H groups in total. The molecule has 168 valence electrons. The smallest absolute Gasteiger partial charge is 0.389 e. The van der Waals surface area contributed by atoms with Gasteiger partial charge in [0.15, 0.2) is 0 Å². The molecule has 0 spiro atoms. The van der Waals surface area contributed by atoms with Gasteiger partial charge in [-0.2, -0.15) is 26.3 Å². The fourth-order valence-electron chi connectivity index (χ4n) is 2.15. The molecule has 0 unspecified atom stereocenters. The second-order valence-electron chi connectivity index (χ2n) is 6.17. The number of ether oxygens (including phenoxy) is 1. The number of halogens is 7. The fraction of sp³-hybridized carbons (Fsp3) is 0.400. The number of rotatable bonds is 1. The lowest BCUT2D eigenvalue weighted by molar-refractivity contribution is -0.143. The molecule has 1 saturated heterocycles. The number of morpholine rings is 1. The van der Waals surface area contributed by atoms with Crippen molar-refractivity contribution in [2.24, 2.45) is 0 Å². The number of aliphatic hydroxyl groups excluding tert-OH is 1. The summed E-state index contributed by atoms with van der Waals surface area (Å²) < 4.78 is 91.0. The molecular formula is C20H22F7NO2. The molecule has 1 aliphatic heterocycles. The number of aliphatic hydroxyl groups is 1. The lowest BCUT2D eigenvalue weighted by atomic mass is 10.0. The van der Waals surface area contributed by atoms with Gasteiger partial charge >= 0.3 is 12.4 Å². The third-order valence-corrected chi connectivity index (χ3v) is 3.67. The fourth-order valence-corrected chi connectivity index (χ4v) is 2.15. The molecule has 1 fully saturated rings. The molecule has 0 bridgehead atoms. The Kier molecular flexibility index (Phi) is 10.2. The van der Waals surface area contributed by atoms with Gasteiger partial charge in [-0.25, -0.2) is 4.39 Å². The Morgan fingerprint density at radius 3 is 1.57 bits per heavy atom. The molecule has 3 nitrogen and oxygen atoms in total. The minimum atomic E-state index is -4.88. The van der Waals surface area contributed by atoms with E-state index in [9.17, 15) is 30.7 Å². The molecule has 1 heterocycles. The van der Waals surface area contributed by atoms with Crippen molar-refractivity contribution in [2.45, 2.75) is 25.4 Å². The standard InChI is InChI=1S/C10H8F6O.C6H5F.C4H9NO/c1-5(17)6-2-7(9(11,12)13)4-8(3-6)10(14,15)16;7-6-4-2-1-3-5-6;1-3-6-4-2-5-1/h2-5,17H,1H3;1-5H;5H,1-4H2/t5-;;/m1../s1. The third-order valence-electron chi connectivity index (χ3n) is 3.67. The summed E-state index contributed by atoms with van der Waals surface area (Å²) in [5.41, 5.74) is -3.28. The van der Waals surface area contributed by atoms with E-state index in [0.717, 1.165) is 33.2 Å². The first-order valence-corrected chi connectivity index (χ1v) is 8.87. The van der Waals surface area contributed by atoms with Gasteiger partial charge < -0.3 is 15.2 Å². The van der Waals surface area contributed by atoms with Crippen molar-refractivity contribution in [1.29, 1.82) is 0 Å². The van der Waals surface area contributed by atoms with Crippen molar-refractivity contribution in [3.63, 3.8) is 0 Å². The van der Waals surface area contributed by atoms with Gasteiger partial charge in [-0.15, -0.1) is 0 Å². The SMILES string of the molecule is C1COCCN1.C[C@@H](O)c1cc(C(F)(F)F)cc(C(F)(F)F)c1.Fc1ccccc1. The molecule has 1 atom stereocenters. The van der Waals surface area contributed by atoms with Crippen LogP contribution in [0, 0.1) is 5.82 Å². The van der Waals surface area contributed by atoms with Gasteiger partial charge in [0.25, 0.3) is 0 Å². The molecule has 0 aromatic heterocycles. The lowest BCUT2D eigenvalue weighted by Gasteiger charge is -2.15. The molecular weight excluding hydrogens is 419 g/mol. The molecule has 10 heteroatoms.